The molecule has 0 saturated heterocycles. The smallest absolute Gasteiger partial charge is 0.255 e. The number of amides is 2. The number of hydrogen-bond acceptors (Lipinski definition) is 6. The first-order chi connectivity index (χ1) is 20.0. The third-order valence-corrected chi connectivity index (χ3v) is 9.05. The van der Waals surface area contributed by atoms with E-state index >= 15 is 0 Å². The summed E-state index contributed by atoms with van der Waals surface area (Å²) in [4.78, 5) is 39.9. The largest absolute Gasteiger partial charge is 0.326 e. The highest BCUT2D eigenvalue weighted by molar-refractivity contribution is 7.88. The second-order valence-corrected chi connectivity index (χ2v) is 13.4. The maximum Gasteiger partial charge on any atom is 0.255 e. The molecule has 12 heteroatoms. The van der Waals surface area contributed by atoms with E-state index in [-0.39, 0.29) is 17.5 Å². The van der Waals surface area contributed by atoms with E-state index in [1.54, 1.807) is 53.6 Å². The number of sulfonamides is 1. The second-order valence-electron chi connectivity index (χ2n) is 10.8. The standard InChI is InChI=1S/C30H32Cl2N4O5S/c1-18-11-13-20(33-16-18)17-41-34-29(37)27-21-7-3-4-8-22(21)30(38)36(28(27)23-14-12-19(31)15-24(23)32)26-10-6-5-9-25(26)35-42(2,39)40/h3-4,7-8,11-16,25-28,35H,5-6,9-10,17H2,1-2H3,(H,34,37)/t25-,26-,27+,28-/m0/s1. The normalized spacial score (nSPS) is 22.5. The van der Waals surface area contributed by atoms with E-state index in [4.69, 9.17) is 28.0 Å². The number of aromatic nitrogens is 1. The maximum atomic E-state index is 14.3. The molecule has 2 aromatic carbocycles. The minimum atomic E-state index is -3.58. The summed E-state index contributed by atoms with van der Waals surface area (Å²) in [7, 11) is -3.58. The Morgan fingerprint density at radius 3 is 2.55 bits per heavy atom. The van der Waals surface area contributed by atoms with Crippen LogP contribution < -0.4 is 10.2 Å². The SMILES string of the molecule is Cc1ccc(CONC(=O)[C@@H]2c3ccccc3C(=O)N([C@H]3CCCC[C@@H]3NS(C)(=O)=O)[C@H]2c2ccc(Cl)cc2Cl)nc1. The topological polar surface area (TPSA) is 118 Å². The Hall–Kier alpha value is -3.02. The monoisotopic (exact) mass is 630 g/mol. The average Bonchev–Trinajstić information content (AvgIpc) is 2.94. The molecule has 5 rings (SSSR count). The van der Waals surface area contributed by atoms with Gasteiger partial charge in [-0.1, -0.05) is 66.4 Å². The van der Waals surface area contributed by atoms with Gasteiger partial charge in [0.25, 0.3) is 11.8 Å². The van der Waals surface area contributed by atoms with Crippen LogP contribution in [0.15, 0.2) is 60.8 Å². The fraction of sp³-hybridized carbons (Fsp3) is 0.367. The molecule has 2 N–H and O–H groups in total. The molecule has 1 aliphatic carbocycles. The zero-order valence-electron chi connectivity index (χ0n) is 23.2. The van der Waals surface area contributed by atoms with Gasteiger partial charge >= 0.3 is 0 Å². The van der Waals surface area contributed by atoms with Gasteiger partial charge in [0.2, 0.25) is 10.0 Å². The Bertz CT molecular complexity index is 1580. The summed E-state index contributed by atoms with van der Waals surface area (Å²) >= 11 is 13.0. The molecule has 1 aliphatic heterocycles. The van der Waals surface area contributed by atoms with Crippen molar-refractivity contribution >= 4 is 45.0 Å². The zero-order valence-corrected chi connectivity index (χ0v) is 25.5. The van der Waals surface area contributed by atoms with Gasteiger partial charge in [0, 0.05) is 33.9 Å². The third kappa shape index (κ3) is 6.63. The molecule has 0 unspecified atom stereocenters. The van der Waals surface area contributed by atoms with E-state index < -0.39 is 40.0 Å². The predicted octanol–water partition coefficient (Wildman–Crippen LogP) is 5.09. The van der Waals surface area contributed by atoms with Gasteiger partial charge in [0.15, 0.2) is 0 Å². The lowest BCUT2D eigenvalue weighted by atomic mass is 9.76. The number of pyridine rings is 1. The van der Waals surface area contributed by atoms with E-state index in [0.29, 0.717) is 40.2 Å². The lowest BCUT2D eigenvalue weighted by molar-refractivity contribution is -0.138. The van der Waals surface area contributed by atoms with Gasteiger partial charge in [-0.2, -0.15) is 0 Å². The Morgan fingerprint density at radius 2 is 1.83 bits per heavy atom. The van der Waals surface area contributed by atoms with E-state index in [2.05, 4.69) is 15.2 Å². The van der Waals surface area contributed by atoms with Crippen LogP contribution in [-0.2, 0) is 26.3 Å². The Kier molecular flexibility index (Phi) is 9.20. The van der Waals surface area contributed by atoms with Crippen molar-refractivity contribution in [2.75, 3.05) is 6.26 Å². The first-order valence-electron chi connectivity index (χ1n) is 13.7. The Balaban J connectivity index is 1.58. The molecule has 1 aromatic heterocycles. The van der Waals surface area contributed by atoms with Gasteiger partial charge < -0.3 is 4.90 Å². The third-order valence-electron chi connectivity index (χ3n) is 7.76. The van der Waals surface area contributed by atoms with E-state index in [0.717, 1.165) is 24.7 Å². The van der Waals surface area contributed by atoms with Crippen LogP contribution in [0, 0.1) is 6.92 Å². The van der Waals surface area contributed by atoms with Gasteiger partial charge in [-0.15, -0.1) is 0 Å². The fourth-order valence-electron chi connectivity index (χ4n) is 5.96. The van der Waals surface area contributed by atoms with Crippen LogP contribution in [0.4, 0.5) is 0 Å². The summed E-state index contributed by atoms with van der Waals surface area (Å²) < 4.78 is 27.4. The first kappa shape index (κ1) is 30.4. The number of carbonyl (C=O) groups excluding carboxylic acids is 2. The number of benzene rings is 2. The van der Waals surface area contributed by atoms with Crippen molar-refractivity contribution in [1.29, 1.82) is 0 Å². The Morgan fingerprint density at radius 1 is 1.07 bits per heavy atom. The van der Waals surface area contributed by atoms with Gasteiger partial charge in [-0.25, -0.2) is 18.6 Å². The van der Waals surface area contributed by atoms with Crippen LogP contribution in [-0.4, -0.2) is 48.5 Å². The molecule has 9 nitrogen and oxygen atoms in total. The molecule has 1 saturated carbocycles. The average molecular weight is 632 g/mol. The van der Waals surface area contributed by atoms with Crippen LogP contribution in [0.25, 0.3) is 0 Å². The van der Waals surface area contributed by atoms with Crippen LogP contribution >= 0.6 is 23.2 Å². The van der Waals surface area contributed by atoms with E-state index in [9.17, 15) is 18.0 Å². The number of nitrogens with one attached hydrogen (secondary N) is 2. The highest BCUT2D eigenvalue weighted by Gasteiger charge is 2.49. The van der Waals surface area contributed by atoms with Crippen molar-refractivity contribution in [3.8, 4) is 0 Å². The minimum Gasteiger partial charge on any atom is -0.326 e. The number of nitrogens with zero attached hydrogens (tertiary/aromatic N) is 2. The van der Waals surface area contributed by atoms with Crippen molar-refractivity contribution in [3.63, 3.8) is 0 Å². The van der Waals surface area contributed by atoms with Gasteiger partial charge in [-0.3, -0.25) is 19.4 Å². The zero-order chi connectivity index (χ0) is 30.0. The summed E-state index contributed by atoms with van der Waals surface area (Å²) in [6.45, 7) is 1.97. The number of aryl methyl sites for hydroxylation is 1. The number of hydroxylamine groups is 1. The minimum absolute atomic E-state index is 0.0401. The highest BCUT2D eigenvalue weighted by Crippen LogP contribution is 2.47. The summed E-state index contributed by atoms with van der Waals surface area (Å²) in [5.41, 5.74) is 5.62. The summed E-state index contributed by atoms with van der Waals surface area (Å²) in [6, 6.07) is 13.7. The molecule has 2 aliphatic rings. The van der Waals surface area contributed by atoms with Crippen LogP contribution in [0.3, 0.4) is 0 Å². The number of fused-ring (bicyclic) bond motifs is 1. The molecular formula is C30H32Cl2N4O5S. The quantitative estimate of drug-likeness (QED) is 0.335. The highest BCUT2D eigenvalue weighted by atomic mass is 35.5. The fourth-order valence-corrected chi connectivity index (χ4v) is 7.30. The van der Waals surface area contributed by atoms with Gasteiger partial charge in [0.05, 0.1) is 23.9 Å². The maximum absolute atomic E-state index is 14.3. The molecule has 2 heterocycles. The summed E-state index contributed by atoms with van der Waals surface area (Å²) in [6.07, 6.45) is 5.52. The second kappa shape index (κ2) is 12.7. The molecule has 0 spiro atoms. The molecule has 3 aromatic rings. The number of hydrogen-bond donors (Lipinski definition) is 2. The number of rotatable bonds is 8. The molecule has 4 atom stereocenters. The van der Waals surface area contributed by atoms with Crippen molar-refractivity contribution in [2.45, 2.75) is 63.3 Å². The van der Waals surface area contributed by atoms with Crippen molar-refractivity contribution in [2.24, 2.45) is 0 Å². The Labute approximate surface area is 255 Å². The molecule has 2 amide bonds. The lowest BCUT2D eigenvalue weighted by Crippen LogP contribution is -2.59. The van der Waals surface area contributed by atoms with Crippen molar-refractivity contribution in [1.82, 2.24) is 20.1 Å². The van der Waals surface area contributed by atoms with Gasteiger partial charge in [0.1, 0.15) is 6.61 Å². The lowest BCUT2D eigenvalue weighted by Gasteiger charge is -2.49. The molecule has 42 heavy (non-hydrogen) atoms. The predicted molar refractivity (Wildman–Crippen MR) is 160 cm³/mol. The van der Waals surface area contributed by atoms with E-state index in [1.165, 1.54) is 0 Å². The van der Waals surface area contributed by atoms with Crippen LogP contribution in [0.1, 0.15) is 70.4 Å². The molecule has 0 bridgehead atoms. The number of halogens is 2. The summed E-state index contributed by atoms with van der Waals surface area (Å²) in [5, 5.41) is 0.692. The van der Waals surface area contributed by atoms with Crippen molar-refractivity contribution in [3.05, 3.63) is 98.8 Å². The number of carbonyl (C=O) groups is 2. The first-order valence-corrected chi connectivity index (χ1v) is 16.4. The molecule has 222 valence electrons. The van der Waals surface area contributed by atoms with Gasteiger partial charge in [-0.05, 0) is 60.7 Å². The molecule has 1 fully saturated rings. The van der Waals surface area contributed by atoms with Crippen molar-refractivity contribution < 1.29 is 22.8 Å². The molecular weight excluding hydrogens is 599 g/mol. The summed E-state index contributed by atoms with van der Waals surface area (Å²) in [5.74, 6) is -1.71. The van der Waals surface area contributed by atoms with Crippen LogP contribution in [0.5, 0.6) is 0 Å². The van der Waals surface area contributed by atoms with Crippen LogP contribution in [0.2, 0.25) is 10.0 Å². The molecule has 0 radical (unpaired) electrons. The van der Waals surface area contributed by atoms with E-state index in [1.807, 2.05) is 19.1 Å².